The van der Waals surface area contributed by atoms with Crippen LogP contribution in [0, 0.1) is 0 Å². The number of benzene rings is 2. The molecule has 0 unspecified atom stereocenters. The Morgan fingerprint density at radius 2 is 1.71 bits per heavy atom. The SMILES string of the molecule is CC.CO.Nc1ccc(-c2cc(C=O)c3cccc(Cl)c3n2)cc1. The van der Waals surface area contributed by atoms with Gasteiger partial charge in [-0.15, -0.1) is 0 Å². The van der Waals surface area contributed by atoms with Gasteiger partial charge in [-0.05, 0) is 24.3 Å². The van der Waals surface area contributed by atoms with E-state index in [1.54, 1.807) is 24.3 Å². The Labute approximate surface area is 146 Å². The topological polar surface area (TPSA) is 76.2 Å². The van der Waals surface area contributed by atoms with Crippen molar-refractivity contribution >= 4 is 34.5 Å². The lowest BCUT2D eigenvalue weighted by atomic mass is 10.0. The van der Waals surface area contributed by atoms with Gasteiger partial charge < -0.3 is 10.8 Å². The standard InChI is InChI=1S/C16H11ClN2O.C2H6.CH4O/c17-14-3-1-2-13-11(9-20)8-15(19-16(13)14)10-4-6-12(18)7-5-10;2*1-2/h1-9H,18H2;1-2H3;2H,1H3. The number of hydrogen-bond acceptors (Lipinski definition) is 4. The molecule has 0 atom stereocenters. The van der Waals surface area contributed by atoms with Crippen LogP contribution in [-0.4, -0.2) is 23.5 Å². The smallest absolute Gasteiger partial charge is 0.150 e. The molecule has 3 rings (SSSR count). The molecule has 0 spiro atoms. The van der Waals surface area contributed by atoms with E-state index in [4.69, 9.17) is 22.4 Å². The van der Waals surface area contributed by atoms with Crippen molar-refractivity contribution in [3.8, 4) is 11.3 Å². The van der Waals surface area contributed by atoms with Gasteiger partial charge in [0.15, 0.2) is 6.29 Å². The summed E-state index contributed by atoms with van der Waals surface area (Å²) in [4.78, 5) is 15.8. The van der Waals surface area contributed by atoms with E-state index in [0.717, 1.165) is 24.3 Å². The molecule has 0 fully saturated rings. The molecule has 0 aliphatic heterocycles. The van der Waals surface area contributed by atoms with Crippen LogP contribution in [0.25, 0.3) is 22.2 Å². The fourth-order valence-corrected chi connectivity index (χ4v) is 2.36. The molecule has 0 radical (unpaired) electrons. The quantitative estimate of drug-likeness (QED) is 0.526. The van der Waals surface area contributed by atoms with Crippen LogP contribution in [0.3, 0.4) is 0 Å². The molecule has 3 aromatic rings. The van der Waals surface area contributed by atoms with Gasteiger partial charge in [-0.2, -0.15) is 0 Å². The van der Waals surface area contributed by atoms with Crippen LogP contribution in [0.4, 0.5) is 5.69 Å². The number of nitrogen functional groups attached to an aromatic ring is 1. The lowest BCUT2D eigenvalue weighted by molar-refractivity contribution is 0.112. The van der Waals surface area contributed by atoms with Crippen LogP contribution in [0.1, 0.15) is 24.2 Å². The lowest BCUT2D eigenvalue weighted by Crippen LogP contribution is -1.92. The van der Waals surface area contributed by atoms with Gasteiger partial charge in [0.1, 0.15) is 0 Å². The molecule has 126 valence electrons. The first-order valence-corrected chi connectivity index (χ1v) is 7.92. The highest BCUT2D eigenvalue weighted by atomic mass is 35.5. The molecule has 0 aliphatic carbocycles. The van der Waals surface area contributed by atoms with E-state index in [9.17, 15) is 4.79 Å². The third-order valence-corrected chi connectivity index (χ3v) is 3.46. The molecule has 0 saturated carbocycles. The highest BCUT2D eigenvalue weighted by Gasteiger charge is 2.09. The normalized spacial score (nSPS) is 9.38. The first-order chi connectivity index (χ1) is 11.7. The maximum absolute atomic E-state index is 11.3. The number of rotatable bonds is 2. The molecule has 5 heteroatoms. The van der Waals surface area contributed by atoms with Gasteiger partial charge in [0.25, 0.3) is 0 Å². The van der Waals surface area contributed by atoms with Crippen molar-refractivity contribution in [2.45, 2.75) is 13.8 Å². The third kappa shape index (κ3) is 4.31. The zero-order chi connectivity index (χ0) is 18.1. The Kier molecular flexibility index (Phi) is 7.89. The van der Waals surface area contributed by atoms with E-state index in [1.165, 1.54) is 0 Å². The van der Waals surface area contributed by atoms with Gasteiger partial charge in [0, 0.05) is 29.3 Å². The molecule has 1 aromatic heterocycles. The Balaban J connectivity index is 0.000000671. The summed E-state index contributed by atoms with van der Waals surface area (Å²) in [5.74, 6) is 0. The summed E-state index contributed by atoms with van der Waals surface area (Å²) >= 11 is 6.17. The van der Waals surface area contributed by atoms with Crippen molar-refractivity contribution in [3.05, 3.63) is 59.1 Å². The summed E-state index contributed by atoms with van der Waals surface area (Å²) < 4.78 is 0. The lowest BCUT2D eigenvalue weighted by Gasteiger charge is -2.07. The predicted octanol–water partition coefficient (Wildman–Crippen LogP) is 4.58. The number of nitrogens with zero attached hydrogens (tertiary/aromatic N) is 1. The fourth-order valence-electron chi connectivity index (χ4n) is 2.14. The monoisotopic (exact) mass is 344 g/mol. The van der Waals surface area contributed by atoms with Crippen molar-refractivity contribution in [2.75, 3.05) is 12.8 Å². The Morgan fingerprint density at radius 3 is 2.29 bits per heavy atom. The number of aldehydes is 1. The van der Waals surface area contributed by atoms with Crippen LogP contribution < -0.4 is 5.73 Å². The maximum Gasteiger partial charge on any atom is 0.150 e. The van der Waals surface area contributed by atoms with Crippen LogP contribution in [0.2, 0.25) is 5.02 Å². The summed E-state index contributed by atoms with van der Waals surface area (Å²) in [6, 6.07) is 14.5. The first-order valence-electron chi connectivity index (χ1n) is 7.54. The number of aliphatic hydroxyl groups is 1. The van der Waals surface area contributed by atoms with Gasteiger partial charge in [0.2, 0.25) is 0 Å². The molecular formula is C19H21ClN2O2. The summed E-state index contributed by atoms with van der Waals surface area (Å²) in [6.07, 6.45) is 0.821. The largest absolute Gasteiger partial charge is 0.400 e. The zero-order valence-electron chi connectivity index (χ0n) is 14.0. The number of halogens is 1. The van der Waals surface area contributed by atoms with E-state index < -0.39 is 0 Å². The molecule has 0 amide bonds. The average Bonchev–Trinajstić information content (AvgIpc) is 2.65. The minimum Gasteiger partial charge on any atom is -0.400 e. The summed E-state index contributed by atoms with van der Waals surface area (Å²) in [5.41, 5.74) is 9.16. The molecule has 24 heavy (non-hydrogen) atoms. The van der Waals surface area contributed by atoms with Crippen LogP contribution in [-0.2, 0) is 0 Å². The second kappa shape index (κ2) is 9.65. The number of aromatic nitrogens is 1. The summed E-state index contributed by atoms with van der Waals surface area (Å²) in [5, 5.41) is 8.29. The fraction of sp³-hybridized carbons (Fsp3) is 0.158. The van der Waals surface area contributed by atoms with Crippen LogP contribution in [0.5, 0.6) is 0 Å². The molecule has 1 heterocycles. The van der Waals surface area contributed by atoms with Gasteiger partial charge >= 0.3 is 0 Å². The number of hydrogen-bond donors (Lipinski definition) is 2. The number of nitrogens with two attached hydrogens (primary N) is 1. The molecule has 0 aliphatic rings. The van der Waals surface area contributed by atoms with Gasteiger partial charge in [-0.1, -0.05) is 49.7 Å². The molecular weight excluding hydrogens is 324 g/mol. The number of para-hydroxylation sites is 1. The Bertz CT molecular complexity index is 802. The van der Waals surface area contributed by atoms with E-state index in [-0.39, 0.29) is 0 Å². The number of carbonyl (C=O) groups excluding carboxylic acids is 1. The Hall–Kier alpha value is -2.43. The molecule has 3 N–H and O–H groups in total. The highest BCUT2D eigenvalue weighted by molar-refractivity contribution is 6.35. The number of pyridine rings is 1. The average molecular weight is 345 g/mol. The van der Waals surface area contributed by atoms with Crippen LogP contribution >= 0.6 is 11.6 Å². The summed E-state index contributed by atoms with van der Waals surface area (Å²) in [6.45, 7) is 4.00. The van der Waals surface area contributed by atoms with E-state index >= 15 is 0 Å². The molecule has 4 nitrogen and oxygen atoms in total. The number of fused-ring (bicyclic) bond motifs is 1. The van der Waals surface area contributed by atoms with E-state index in [0.29, 0.717) is 27.5 Å². The van der Waals surface area contributed by atoms with E-state index in [1.807, 2.05) is 38.1 Å². The number of aliphatic hydroxyl groups excluding tert-OH is 1. The first kappa shape index (κ1) is 19.6. The van der Waals surface area contributed by atoms with Gasteiger partial charge in [0.05, 0.1) is 16.2 Å². The molecule has 0 saturated heterocycles. The summed E-state index contributed by atoms with van der Waals surface area (Å²) in [7, 11) is 1.00. The maximum atomic E-state index is 11.3. The number of carbonyl (C=O) groups is 1. The van der Waals surface area contributed by atoms with Crippen molar-refractivity contribution < 1.29 is 9.90 Å². The second-order valence-electron chi connectivity index (χ2n) is 4.47. The van der Waals surface area contributed by atoms with E-state index in [2.05, 4.69) is 4.98 Å². The predicted molar refractivity (Wildman–Crippen MR) is 101 cm³/mol. The Morgan fingerprint density at radius 1 is 1.08 bits per heavy atom. The van der Waals surface area contributed by atoms with Crippen molar-refractivity contribution in [1.82, 2.24) is 4.98 Å². The second-order valence-corrected chi connectivity index (χ2v) is 4.88. The molecule has 2 aromatic carbocycles. The zero-order valence-corrected chi connectivity index (χ0v) is 14.7. The third-order valence-electron chi connectivity index (χ3n) is 3.16. The molecule has 0 bridgehead atoms. The van der Waals surface area contributed by atoms with Gasteiger partial charge in [-0.25, -0.2) is 4.98 Å². The minimum atomic E-state index is 0.530. The van der Waals surface area contributed by atoms with Crippen LogP contribution in [0.15, 0.2) is 48.5 Å². The van der Waals surface area contributed by atoms with Crippen molar-refractivity contribution in [3.63, 3.8) is 0 Å². The number of anilines is 1. The van der Waals surface area contributed by atoms with Crippen molar-refractivity contribution in [1.29, 1.82) is 0 Å². The van der Waals surface area contributed by atoms with Gasteiger partial charge in [-0.3, -0.25) is 4.79 Å². The highest BCUT2D eigenvalue weighted by Crippen LogP contribution is 2.28. The van der Waals surface area contributed by atoms with Crippen molar-refractivity contribution in [2.24, 2.45) is 0 Å². The minimum absolute atomic E-state index is 0.530.